The molecule has 3 heteroatoms. The van der Waals surface area contributed by atoms with Crippen LogP contribution in [0.5, 0.6) is 0 Å². The summed E-state index contributed by atoms with van der Waals surface area (Å²) >= 11 is 4.12. The summed E-state index contributed by atoms with van der Waals surface area (Å²) in [6.07, 6.45) is 1.54. The summed E-state index contributed by atoms with van der Waals surface area (Å²) < 4.78 is 4.87. The number of esters is 1. The minimum Gasteiger partial charge on any atom is -0.458 e. The highest BCUT2D eigenvalue weighted by molar-refractivity contribution is 7.79. The van der Waals surface area contributed by atoms with Gasteiger partial charge in [-0.1, -0.05) is 24.8 Å². The number of thiol groups is 1. The van der Waals surface area contributed by atoms with Crippen molar-refractivity contribution in [3.63, 3.8) is 0 Å². The fourth-order valence-electron chi connectivity index (χ4n) is 0.964. The molecule has 2 nitrogen and oxygen atoms in total. The normalized spacial score (nSPS) is 9.50. The standard InChI is InChI=1S/C11H12O2S/c1-2-7-13-11(12)10-5-3-9(8-14)4-6-10/h2-6,14H,1,7-8H2. The van der Waals surface area contributed by atoms with Crippen molar-refractivity contribution in [1.29, 1.82) is 0 Å². The number of carbonyl (C=O) groups excluding carboxylic acids is 1. The van der Waals surface area contributed by atoms with E-state index in [2.05, 4.69) is 19.2 Å². The van der Waals surface area contributed by atoms with Gasteiger partial charge in [0.2, 0.25) is 0 Å². The van der Waals surface area contributed by atoms with Crippen molar-refractivity contribution in [1.82, 2.24) is 0 Å². The molecule has 1 aromatic carbocycles. The Balaban J connectivity index is 2.66. The molecule has 14 heavy (non-hydrogen) atoms. The van der Waals surface area contributed by atoms with Crippen molar-refractivity contribution >= 4 is 18.6 Å². The summed E-state index contributed by atoms with van der Waals surface area (Å²) in [5.74, 6) is 0.345. The van der Waals surface area contributed by atoms with Gasteiger partial charge in [0.25, 0.3) is 0 Å². The minimum atomic E-state index is -0.324. The van der Waals surface area contributed by atoms with Crippen LogP contribution in [0.1, 0.15) is 15.9 Å². The Labute approximate surface area is 89.0 Å². The molecule has 0 heterocycles. The Kier molecular flexibility index (Phi) is 4.26. The first-order valence-corrected chi connectivity index (χ1v) is 4.89. The summed E-state index contributed by atoms with van der Waals surface area (Å²) in [7, 11) is 0. The molecular formula is C11H12O2S. The van der Waals surface area contributed by atoms with Crippen LogP contribution in [0.25, 0.3) is 0 Å². The number of hydrogen-bond acceptors (Lipinski definition) is 3. The number of ether oxygens (including phenoxy) is 1. The van der Waals surface area contributed by atoms with Gasteiger partial charge in [0.15, 0.2) is 0 Å². The second-order valence-electron chi connectivity index (χ2n) is 2.74. The largest absolute Gasteiger partial charge is 0.458 e. The van der Waals surface area contributed by atoms with Crippen LogP contribution in [0.15, 0.2) is 36.9 Å². The molecule has 0 aliphatic carbocycles. The fraction of sp³-hybridized carbons (Fsp3) is 0.182. The SMILES string of the molecule is C=CCOC(=O)c1ccc(CS)cc1. The Bertz CT molecular complexity index is 317. The maximum absolute atomic E-state index is 11.3. The molecule has 74 valence electrons. The van der Waals surface area contributed by atoms with E-state index in [-0.39, 0.29) is 12.6 Å². The van der Waals surface area contributed by atoms with E-state index >= 15 is 0 Å². The average Bonchev–Trinajstić information content (AvgIpc) is 2.26. The molecule has 0 saturated heterocycles. The maximum Gasteiger partial charge on any atom is 0.338 e. The molecule has 0 bridgehead atoms. The van der Waals surface area contributed by atoms with Crippen molar-refractivity contribution in [3.05, 3.63) is 48.0 Å². The van der Waals surface area contributed by atoms with Gasteiger partial charge in [0, 0.05) is 5.75 Å². The second kappa shape index (κ2) is 5.50. The van der Waals surface area contributed by atoms with Gasteiger partial charge in [-0.3, -0.25) is 0 Å². The van der Waals surface area contributed by atoms with Gasteiger partial charge in [-0.15, -0.1) is 0 Å². The van der Waals surface area contributed by atoms with E-state index in [1.165, 1.54) is 0 Å². The third-order valence-electron chi connectivity index (χ3n) is 1.70. The molecule has 0 amide bonds. The smallest absolute Gasteiger partial charge is 0.338 e. The van der Waals surface area contributed by atoms with Gasteiger partial charge >= 0.3 is 5.97 Å². The van der Waals surface area contributed by atoms with Gasteiger partial charge < -0.3 is 4.74 Å². The molecule has 0 radical (unpaired) electrons. The molecule has 0 N–H and O–H groups in total. The van der Waals surface area contributed by atoms with Crippen LogP contribution in [-0.2, 0) is 10.5 Å². The van der Waals surface area contributed by atoms with Crippen LogP contribution in [0.3, 0.4) is 0 Å². The molecular weight excluding hydrogens is 196 g/mol. The van der Waals surface area contributed by atoms with Crippen LogP contribution >= 0.6 is 12.6 Å². The van der Waals surface area contributed by atoms with Crippen LogP contribution in [0, 0.1) is 0 Å². The highest BCUT2D eigenvalue weighted by Gasteiger charge is 2.04. The zero-order valence-electron chi connectivity index (χ0n) is 7.77. The molecule has 1 aromatic rings. The molecule has 1 rings (SSSR count). The summed E-state index contributed by atoms with van der Waals surface area (Å²) in [4.78, 5) is 11.3. The third kappa shape index (κ3) is 2.92. The van der Waals surface area contributed by atoms with Gasteiger partial charge in [-0.2, -0.15) is 12.6 Å². The average molecular weight is 208 g/mol. The zero-order valence-corrected chi connectivity index (χ0v) is 8.67. The van der Waals surface area contributed by atoms with Crippen LogP contribution in [-0.4, -0.2) is 12.6 Å². The second-order valence-corrected chi connectivity index (χ2v) is 3.06. The lowest BCUT2D eigenvalue weighted by atomic mass is 10.1. The van der Waals surface area contributed by atoms with Crippen molar-refractivity contribution in [2.45, 2.75) is 5.75 Å². The van der Waals surface area contributed by atoms with Crippen molar-refractivity contribution in [2.24, 2.45) is 0 Å². The molecule has 0 aromatic heterocycles. The maximum atomic E-state index is 11.3. The molecule has 0 atom stereocenters. The number of benzene rings is 1. The van der Waals surface area contributed by atoms with Gasteiger partial charge in [-0.25, -0.2) is 4.79 Å². The lowest BCUT2D eigenvalue weighted by Gasteiger charge is -2.02. The zero-order chi connectivity index (χ0) is 10.4. The van der Waals surface area contributed by atoms with Crippen molar-refractivity contribution in [3.8, 4) is 0 Å². The molecule has 0 fully saturated rings. The van der Waals surface area contributed by atoms with E-state index in [4.69, 9.17) is 4.74 Å². The van der Waals surface area contributed by atoms with Crippen LogP contribution < -0.4 is 0 Å². The fourth-order valence-corrected chi connectivity index (χ4v) is 1.18. The Morgan fingerprint density at radius 3 is 2.57 bits per heavy atom. The summed E-state index contributed by atoms with van der Waals surface area (Å²) in [5.41, 5.74) is 1.63. The lowest BCUT2D eigenvalue weighted by Crippen LogP contribution is -2.04. The number of rotatable bonds is 4. The van der Waals surface area contributed by atoms with E-state index in [9.17, 15) is 4.79 Å². The summed E-state index contributed by atoms with van der Waals surface area (Å²) in [6.45, 7) is 3.71. The predicted molar refractivity (Wildman–Crippen MR) is 59.6 cm³/mol. The van der Waals surface area contributed by atoms with Crippen molar-refractivity contribution in [2.75, 3.05) is 6.61 Å². The first-order valence-electron chi connectivity index (χ1n) is 4.25. The highest BCUT2D eigenvalue weighted by atomic mass is 32.1. The monoisotopic (exact) mass is 208 g/mol. The third-order valence-corrected chi connectivity index (χ3v) is 2.07. The molecule has 0 aliphatic rings. The van der Waals surface area contributed by atoms with E-state index in [0.717, 1.165) is 5.56 Å². The van der Waals surface area contributed by atoms with Crippen LogP contribution in [0.2, 0.25) is 0 Å². The van der Waals surface area contributed by atoms with Crippen molar-refractivity contribution < 1.29 is 9.53 Å². The molecule has 0 aliphatic heterocycles. The number of carbonyl (C=O) groups is 1. The topological polar surface area (TPSA) is 26.3 Å². The first kappa shape index (κ1) is 10.9. The van der Waals surface area contributed by atoms with Gasteiger partial charge in [0.05, 0.1) is 5.56 Å². The van der Waals surface area contributed by atoms with Gasteiger partial charge in [0.1, 0.15) is 6.61 Å². The molecule has 0 unspecified atom stereocenters. The summed E-state index contributed by atoms with van der Waals surface area (Å²) in [5, 5.41) is 0. The quantitative estimate of drug-likeness (QED) is 0.467. The van der Waals surface area contributed by atoms with E-state index in [0.29, 0.717) is 11.3 Å². The van der Waals surface area contributed by atoms with Gasteiger partial charge in [-0.05, 0) is 17.7 Å². The molecule has 0 saturated carbocycles. The Hall–Kier alpha value is -1.22. The lowest BCUT2D eigenvalue weighted by molar-refractivity contribution is 0.0550. The van der Waals surface area contributed by atoms with E-state index < -0.39 is 0 Å². The highest BCUT2D eigenvalue weighted by Crippen LogP contribution is 2.07. The minimum absolute atomic E-state index is 0.243. The predicted octanol–water partition coefficient (Wildman–Crippen LogP) is 2.46. The Morgan fingerprint density at radius 2 is 2.07 bits per heavy atom. The number of hydrogen-bond donors (Lipinski definition) is 1. The van der Waals surface area contributed by atoms with E-state index in [1.807, 2.05) is 12.1 Å². The molecule has 0 spiro atoms. The Morgan fingerprint density at radius 1 is 1.43 bits per heavy atom. The van der Waals surface area contributed by atoms with E-state index in [1.54, 1.807) is 18.2 Å². The summed E-state index contributed by atoms with van der Waals surface area (Å²) in [6, 6.07) is 7.18. The first-order chi connectivity index (χ1) is 6.77. The van der Waals surface area contributed by atoms with Crippen LogP contribution in [0.4, 0.5) is 0 Å².